The normalized spacial score (nSPS) is 9.91. The number of hydrogen-bond acceptors (Lipinski definition) is 3. The third-order valence-electron chi connectivity index (χ3n) is 1.40. The van der Waals surface area contributed by atoms with Crippen LogP contribution in [0.4, 0.5) is 5.69 Å². The molecule has 0 spiro atoms. The molecule has 0 heterocycles. The fourth-order valence-corrected chi connectivity index (χ4v) is 0.877. The van der Waals surface area contributed by atoms with Crippen LogP contribution in [0.15, 0.2) is 18.2 Å². The molecule has 3 N–H and O–H groups in total. The zero-order valence-electron chi connectivity index (χ0n) is 6.37. The minimum Gasteiger partial charge on any atom is -0.508 e. The van der Waals surface area contributed by atoms with Crippen molar-refractivity contribution >= 4 is 5.69 Å². The molecule has 0 bridgehead atoms. The first-order valence-electron chi connectivity index (χ1n) is 3.30. The zero-order valence-corrected chi connectivity index (χ0v) is 6.37. The number of rotatable bonds is 2. The molecule has 0 aliphatic heterocycles. The van der Waals surface area contributed by atoms with Gasteiger partial charge in [-0.3, -0.25) is 0 Å². The molecular formula is C8H11NO2. The summed E-state index contributed by atoms with van der Waals surface area (Å²) in [5.74, 6) is 0.223. The lowest BCUT2D eigenvalue weighted by Crippen LogP contribution is -1.91. The standard InChI is InChI=1S/C8H11NO2/c1-11-5-6-4-7(9)2-3-8(6)10/h2-4,10H,5,9H2,1H3. The number of phenols is 1. The summed E-state index contributed by atoms with van der Waals surface area (Å²) >= 11 is 0. The summed E-state index contributed by atoms with van der Waals surface area (Å²) in [5, 5.41) is 9.23. The molecule has 3 nitrogen and oxygen atoms in total. The van der Waals surface area contributed by atoms with E-state index in [1.54, 1.807) is 25.3 Å². The molecule has 0 fully saturated rings. The van der Waals surface area contributed by atoms with Crippen LogP contribution in [0.25, 0.3) is 0 Å². The highest BCUT2D eigenvalue weighted by molar-refractivity contribution is 5.46. The number of benzene rings is 1. The molecule has 1 aromatic carbocycles. The van der Waals surface area contributed by atoms with Crippen LogP contribution in [0.2, 0.25) is 0 Å². The summed E-state index contributed by atoms with van der Waals surface area (Å²) in [6.45, 7) is 0.386. The molecule has 0 amide bonds. The number of aromatic hydroxyl groups is 1. The fraction of sp³-hybridized carbons (Fsp3) is 0.250. The molecule has 1 rings (SSSR count). The molecule has 1 aromatic rings. The minimum absolute atomic E-state index is 0.223. The monoisotopic (exact) mass is 153 g/mol. The van der Waals surface area contributed by atoms with E-state index in [2.05, 4.69) is 0 Å². The van der Waals surface area contributed by atoms with E-state index in [0.717, 1.165) is 0 Å². The number of phenolic OH excluding ortho intramolecular Hbond substituents is 1. The highest BCUT2D eigenvalue weighted by atomic mass is 16.5. The van der Waals surface area contributed by atoms with Gasteiger partial charge in [0.2, 0.25) is 0 Å². The van der Waals surface area contributed by atoms with Gasteiger partial charge < -0.3 is 15.6 Å². The van der Waals surface area contributed by atoms with Gasteiger partial charge in [0.25, 0.3) is 0 Å². The first kappa shape index (κ1) is 7.88. The van der Waals surface area contributed by atoms with E-state index in [-0.39, 0.29) is 5.75 Å². The molecule has 60 valence electrons. The Morgan fingerprint density at radius 2 is 2.27 bits per heavy atom. The maximum atomic E-state index is 9.23. The fourth-order valence-electron chi connectivity index (χ4n) is 0.877. The summed E-state index contributed by atoms with van der Waals surface area (Å²) in [6, 6.07) is 4.90. The summed E-state index contributed by atoms with van der Waals surface area (Å²) in [5.41, 5.74) is 6.84. The van der Waals surface area contributed by atoms with Gasteiger partial charge in [0.15, 0.2) is 0 Å². The van der Waals surface area contributed by atoms with Gasteiger partial charge in [-0.25, -0.2) is 0 Å². The van der Waals surface area contributed by atoms with Gasteiger partial charge >= 0.3 is 0 Å². The van der Waals surface area contributed by atoms with E-state index in [1.165, 1.54) is 0 Å². The molecule has 0 aliphatic carbocycles. The quantitative estimate of drug-likeness (QED) is 0.494. The second kappa shape index (κ2) is 3.25. The molecule has 3 heteroatoms. The second-order valence-electron chi connectivity index (χ2n) is 2.32. The van der Waals surface area contributed by atoms with Crippen molar-refractivity contribution in [2.75, 3.05) is 12.8 Å². The van der Waals surface area contributed by atoms with Crippen molar-refractivity contribution in [3.05, 3.63) is 23.8 Å². The van der Waals surface area contributed by atoms with E-state index >= 15 is 0 Å². The molecule has 0 atom stereocenters. The highest BCUT2D eigenvalue weighted by Gasteiger charge is 1.99. The Morgan fingerprint density at radius 3 is 2.91 bits per heavy atom. The van der Waals surface area contributed by atoms with E-state index in [0.29, 0.717) is 17.9 Å². The van der Waals surface area contributed by atoms with Crippen molar-refractivity contribution < 1.29 is 9.84 Å². The maximum Gasteiger partial charge on any atom is 0.121 e. The average molecular weight is 153 g/mol. The van der Waals surface area contributed by atoms with Crippen LogP contribution in [0.3, 0.4) is 0 Å². The molecule has 0 saturated carbocycles. The first-order valence-corrected chi connectivity index (χ1v) is 3.30. The van der Waals surface area contributed by atoms with Gasteiger partial charge in [-0.2, -0.15) is 0 Å². The Balaban J connectivity index is 2.93. The highest BCUT2D eigenvalue weighted by Crippen LogP contribution is 2.19. The Morgan fingerprint density at radius 1 is 1.55 bits per heavy atom. The molecule has 0 radical (unpaired) electrons. The van der Waals surface area contributed by atoms with Gasteiger partial charge in [0, 0.05) is 18.4 Å². The third kappa shape index (κ3) is 1.85. The van der Waals surface area contributed by atoms with Crippen molar-refractivity contribution in [3.8, 4) is 5.75 Å². The van der Waals surface area contributed by atoms with Gasteiger partial charge in [0.1, 0.15) is 5.75 Å². The van der Waals surface area contributed by atoms with E-state index in [4.69, 9.17) is 10.5 Å². The molecule has 11 heavy (non-hydrogen) atoms. The van der Waals surface area contributed by atoms with Crippen molar-refractivity contribution in [1.82, 2.24) is 0 Å². The van der Waals surface area contributed by atoms with Crippen LogP contribution in [-0.2, 0) is 11.3 Å². The summed E-state index contributed by atoms with van der Waals surface area (Å²) in [4.78, 5) is 0. The summed E-state index contributed by atoms with van der Waals surface area (Å²) < 4.78 is 4.85. The van der Waals surface area contributed by atoms with Crippen LogP contribution in [0.1, 0.15) is 5.56 Å². The smallest absolute Gasteiger partial charge is 0.121 e. The summed E-state index contributed by atoms with van der Waals surface area (Å²) in [6.07, 6.45) is 0. The van der Waals surface area contributed by atoms with Crippen molar-refractivity contribution in [2.24, 2.45) is 0 Å². The third-order valence-corrected chi connectivity index (χ3v) is 1.40. The Kier molecular flexibility index (Phi) is 2.33. The second-order valence-corrected chi connectivity index (χ2v) is 2.32. The lowest BCUT2D eigenvalue weighted by atomic mass is 10.2. The number of ether oxygens (including phenoxy) is 1. The predicted molar refractivity (Wildman–Crippen MR) is 43.2 cm³/mol. The van der Waals surface area contributed by atoms with E-state index < -0.39 is 0 Å². The molecule has 0 unspecified atom stereocenters. The van der Waals surface area contributed by atoms with Crippen LogP contribution in [0.5, 0.6) is 5.75 Å². The SMILES string of the molecule is COCc1cc(N)ccc1O. The Hall–Kier alpha value is -1.22. The first-order chi connectivity index (χ1) is 5.24. The van der Waals surface area contributed by atoms with E-state index in [1.807, 2.05) is 0 Å². The van der Waals surface area contributed by atoms with Crippen LogP contribution >= 0.6 is 0 Å². The molecular weight excluding hydrogens is 142 g/mol. The lowest BCUT2D eigenvalue weighted by Gasteiger charge is -2.03. The molecule has 0 saturated heterocycles. The lowest BCUT2D eigenvalue weighted by molar-refractivity contribution is 0.182. The van der Waals surface area contributed by atoms with Gasteiger partial charge in [-0.05, 0) is 18.2 Å². The van der Waals surface area contributed by atoms with Crippen molar-refractivity contribution in [2.45, 2.75) is 6.61 Å². The zero-order chi connectivity index (χ0) is 8.27. The number of methoxy groups -OCH3 is 1. The van der Waals surface area contributed by atoms with Crippen LogP contribution in [0, 0.1) is 0 Å². The average Bonchev–Trinajstić information content (AvgIpc) is 1.98. The number of anilines is 1. The van der Waals surface area contributed by atoms with Crippen molar-refractivity contribution in [1.29, 1.82) is 0 Å². The topological polar surface area (TPSA) is 55.5 Å². The number of hydrogen-bond donors (Lipinski definition) is 2. The number of nitrogen functional groups attached to an aromatic ring is 1. The minimum atomic E-state index is 0.223. The van der Waals surface area contributed by atoms with Crippen LogP contribution < -0.4 is 5.73 Å². The summed E-state index contributed by atoms with van der Waals surface area (Å²) in [7, 11) is 1.57. The largest absolute Gasteiger partial charge is 0.508 e. The van der Waals surface area contributed by atoms with E-state index in [9.17, 15) is 5.11 Å². The van der Waals surface area contributed by atoms with Gasteiger partial charge in [-0.15, -0.1) is 0 Å². The predicted octanol–water partition coefficient (Wildman–Crippen LogP) is 1.12. The number of nitrogens with two attached hydrogens (primary N) is 1. The van der Waals surface area contributed by atoms with Crippen LogP contribution in [-0.4, -0.2) is 12.2 Å². The van der Waals surface area contributed by atoms with Gasteiger partial charge in [0.05, 0.1) is 6.61 Å². The molecule has 0 aliphatic rings. The maximum absolute atomic E-state index is 9.23. The Labute approximate surface area is 65.4 Å². The van der Waals surface area contributed by atoms with Crippen molar-refractivity contribution in [3.63, 3.8) is 0 Å². The molecule has 0 aromatic heterocycles. The van der Waals surface area contributed by atoms with Gasteiger partial charge in [-0.1, -0.05) is 0 Å². The Bertz CT molecular complexity index is 248.